The number of hydrogen-bond donors (Lipinski definition) is 1. The number of thiazole rings is 1. The predicted molar refractivity (Wildman–Crippen MR) is 82.8 cm³/mol. The molecule has 0 bridgehead atoms. The molecule has 102 valence electrons. The zero-order valence-electron chi connectivity index (χ0n) is 11.7. The second-order valence-electron chi connectivity index (χ2n) is 5.84. The molecule has 0 aromatic carbocycles. The lowest BCUT2D eigenvalue weighted by atomic mass is 10.1. The molecular formula is C13H23N3S2. The van der Waals surface area contributed by atoms with Crippen LogP contribution in [0.1, 0.15) is 32.1 Å². The average Bonchev–Trinajstić information content (AvgIpc) is 2.96. The first-order chi connectivity index (χ1) is 8.46. The summed E-state index contributed by atoms with van der Waals surface area (Å²) in [4.78, 5) is 8.23. The summed E-state index contributed by atoms with van der Waals surface area (Å²) in [5.74, 6) is 2.53. The van der Waals surface area contributed by atoms with Crippen molar-refractivity contribution in [2.45, 2.75) is 45.3 Å². The van der Waals surface area contributed by atoms with Crippen molar-refractivity contribution in [1.29, 1.82) is 0 Å². The Morgan fingerprint density at radius 2 is 2.28 bits per heavy atom. The van der Waals surface area contributed by atoms with E-state index in [1.807, 2.05) is 29.3 Å². The van der Waals surface area contributed by atoms with Crippen molar-refractivity contribution in [2.24, 2.45) is 0 Å². The highest BCUT2D eigenvalue weighted by molar-refractivity contribution is 7.99. The number of aromatic nitrogens is 1. The maximum Gasteiger partial charge on any atom is 0.185 e. The lowest BCUT2D eigenvalue weighted by Crippen LogP contribution is -2.34. The maximum absolute atomic E-state index is 4.56. The van der Waals surface area contributed by atoms with Crippen LogP contribution < -0.4 is 10.2 Å². The largest absolute Gasteiger partial charge is 0.347 e. The van der Waals surface area contributed by atoms with Crippen molar-refractivity contribution in [1.82, 2.24) is 10.3 Å². The zero-order chi connectivity index (χ0) is 13.2. The van der Waals surface area contributed by atoms with Gasteiger partial charge in [0.05, 0.1) is 0 Å². The van der Waals surface area contributed by atoms with Gasteiger partial charge in [-0.2, -0.15) is 11.8 Å². The molecule has 3 nitrogen and oxygen atoms in total. The summed E-state index contributed by atoms with van der Waals surface area (Å²) in [6, 6.07) is 0.671. The van der Waals surface area contributed by atoms with Gasteiger partial charge in [0.25, 0.3) is 0 Å². The number of anilines is 1. The van der Waals surface area contributed by atoms with Crippen molar-refractivity contribution < 1.29 is 0 Å². The van der Waals surface area contributed by atoms with Crippen LogP contribution in [0.4, 0.5) is 5.13 Å². The smallest absolute Gasteiger partial charge is 0.185 e. The third-order valence-corrected chi connectivity index (χ3v) is 5.32. The standard InChI is InChI=1S/C13H23N3S2/c1-13(2,3)15-8-11-7-14-12(18-11)16(4)10-5-6-17-9-10/h7,10,15H,5-6,8-9H2,1-4H3. The third kappa shape index (κ3) is 3.87. The van der Waals surface area contributed by atoms with Crippen LogP contribution in [0.3, 0.4) is 0 Å². The molecule has 1 aromatic heterocycles. The molecule has 1 saturated heterocycles. The lowest BCUT2D eigenvalue weighted by molar-refractivity contribution is 0.426. The maximum atomic E-state index is 4.56. The molecule has 1 atom stereocenters. The van der Waals surface area contributed by atoms with Gasteiger partial charge in [0.2, 0.25) is 0 Å². The fraction of sp³-hybridized carbons (Fsp3) is 0.769. The molecule has 0 amide bonds. The first-order valence-electron chi connectivity index (χ1n) is 6.46. The van der Waals surface area contributed by atoms with Crippen LogP contribution in [-0.4, -0.2) is 35.1 Å². The molecular weight excluding hydrogens is 262 g/mol. The molecule has 5 heteroatoms. The summed E-state index contributed by atoms with van der Waals surface area (Å²) in [7, 11) is 2.18. The van der Waals surface area contributed by atoms with E-state index in [1.54, 1.807) is 0 Å². The summed E-state index contributed by atoms with van der Waals surface area (Å²) < 4.78 is 0. The molecule has 2 heterocycles. The predicted octanol–water partition coefficient (Wildman–Crippen LogP) is 2.97. The molecule has 1 aliphatic heterocycles. The van der Waals surface area contributed by atoms with Crippen molar-refractivity contribution in [3.05, 3.63) is 11.1 Å². The Kier molecular flexibility index (Phi) is 4.56. The van der Waals surface area contributed by atoms with Crippen LogP contribution in [0.15, 0.2) is 6.20 Å². The van der Waals surface area contributed by atoms with Crippen molar-refractivity contribution in [3.8, 4) is 0 Å². The molecule has 1 aliphatic rings. The van der Waals surface area contributed by atoms with E-state index in [-0.39, 0.29) is 5.54 Å². The minimum absolute atomic E-state index is 0.165. The highest BCUT2D eigenvalue weighted by Gasteiger charge is 2.22. The minimum atomic E-state index is 0.165. The highest BCUT2D eigenvalue weighted by atomic mass is 32.2. The Labute approximate surface area is 118 Å². The molecule has 18 heavy (non-hydrogen) atoms. The third-order valence-electron chi connectivity index (χ3n) is 3.09. The van der Waals surface area contributed by atoms with Gasteiger partial charge in [-0.3, -0.25) is 0 Å². The monoisotopic (exact) mass is 285 g/mol. The molecule has 2 rings (SSSR count). The van der Waals surface area contributed by atoms with E-state index in [0.29, 0.717) is 6.04 Å². The van der Waals surface area contributed by atoms with Gasteiger partial charge in [0, 0.05) is 42.0 Å². The number of nitrogens with zero attached hydrogens (tertiary/aromatic N) is 2. The fourth-order valence-electron chi connectivity index (χ4n) is 1.88. The topological polar surface area (TPSA) is 28.2 Å². The molecule has 0 aliphatic carbocycles. The summed E-state index contributed by atoms with van der Waals surface area (Å²) in [5.41, 5.74) is 0.165. The summed E-state index contributed by atoms with van der Waals surface area (Å²) in [6.07, 6.45) is 3.30. The zero-order valence-corrected chi connectivity index (χ0v) is 13.3. The van der Waals surface area contributed by atoms with Gasteiger partial charge in [0.15, 0.2) is 5.13 Å². The van der Waals surface area contributed by atoms with Gasteiger partial charge in [-0.15, -0.1) is 11.3 Å². The van der Waals surface area contributed by atoms with E-state index in [4.69, 9.17) is 0 Å². The van der Waals surface area contributed by atoms with Gasteiger partial charge in [-0.25, -0.2) is 4.98 Å². The quantitative estimate of drug-likeness (QED) is 0.920. The second kappa shape index (κ2) is 5.80. The Morgan fingerprint density at radius 1 is 1.50 bits per heavy atom. The molecule has 1 aromatic rings. The highest BCUT2D eigenvalue weighted by Crippen LogP contribution is 2.29. The molecule has 1 N–H and O–H groups in total. The van der Waals surface area contributed by atoms with Crippen LogP contribution in [0.2, 0.25) is 0 Å². The molecule has 0 spiro atoms. The second-order valence-corrected chi connectivity index (χ2v) is 8.08. The number of hydrogen-bond acceptors (Lipinski definition) is 5. The first kappa shape index (κ1) is 14.2. The van der Waals surface area contributed by atoms with E-state index < -0.39 is 0 Å². The van der Waals surface area contributed by atoms with Gasteiger partial charge in [0.1, 0.15) is 0 Å². The van der Waals surface area contributed by atoms with Crippen LogP contribution >= 0.6 is 23.1 Å². The first-order valence-corrected chi connectivity index (χ1v) is 8.43. The van der Waals surface area contributed by atoms with Gasteiger partial charge >= 0.3 is 0 Å². The fourth-order valence-corrected chi connectivity index (χ4v) is 4.03. The normalized spacial score (nSPS) is 20.3. The summed E-state index contributed by atoms with van der Waals surface area (Å²) >= 11 is 3.86. The SMILES string of the molecule is CN(c1ncc(CNC(C)(C)C)s1)C1CCSC1. The number of nitrogens with one attached hydrogen (secondary N) is 1. The van der Waals surface area contributed by atoms with Crippen LogP contribution in [0.25, 0.3) is 0 Å². The van der Waals surface area contributed by atoms with E-state index in [9.17, 15) is 0 Å². The van der Waals surface area contributed by atoms with Crippen LogP contribution in [0, 0.1) is 0 Å². The summed E-state index contributed by atoms with van der Waals surface area (Å²) in [5, 5.41) is 4.67. The Hall–Kier alpha value is -0.260. The minimum Gasteiger partial charge on any atom is -0.347 e. The molecule has 1 fully saturated rings. The van der Waals surface area contributed by atoms with Crippen molar-refractivity contribution in [2.75, 3.05) is 23.5 Å². The van der Waals surface area contributed by atoms with Crippen molar-refractivity contribution >= 4 is 28.2 Å². The molecule has 0 radical (unpaired) electrons. The van der Waals surface area contributed by atoms with E-state index in [0.717, 1.165) is 11.7 Å². The summed E-state index contributed by atoms with van der Waals surface area (Å²) in [6.45, 7) is 7.49. The van der Waals surface area contributed by atoms with Crippen LogP contribution in [-0.2, 0) is 6.54 Å². The molecule has 0 saturated carbocycles. The number of rotatable bonds is 4. The molecule has 1 unspecified atom stereocenters. The van der Waals surface area contributed by atoms with E-state index >= 15 is 0 Å². The van der Waals surface area contributed by atoms with Gasteiger partial charge in [-0.1, -0.05) is 0 Å². The average molecular weight is 285 g/mol. The Bertz CT molecular complexity index is 378. The van der Waals surface area contributed by atoms with E-state index in [2.05, 4.69) is 43.0 Å². The van der Waals surface area contributed by atoms with E-state index in [1.165, 1.54) is 22.8 Å². The Balaban J connectivity index is 1.92. The lowest BCUT2D eigenvalue weighted by Gasteiger charge is -2.22. The van der Waals surface area contributed by atoms with Gasteiger partial charge in [-0.05, 0) is 32.9 Å². The van der Waals surface area contributed by atoms with Gasteiger partial charge < -0.3 is 10.2 Å². The van der Waals surface area contributed by atoms with Crippen LogP contribution in [0.5, 0.6) is 0 Å². The Morgan fingerprint density at radius 3 is 2.89 bits per heavy atom. The van der Waals surface area contributed by atoms with Crippen molar-refractivity contribution in [3.63, 3.8) is 0 Å². The number of thioether (sulfide) groups is 1.